The summed E-state index contributed by atoms with van der Waals surface area (Å²) in [6.07, 6.45) is 1.72. The quantitative estimate of drug-likeness (QED) is 0.772. The van der Waals surface area contributed by atoms with Gasteiger partial charge in [0.05, 0.1) is 15.6 Å². The van der Waals surface area contributed by atoms with Crippen molar-refractivity contribution in [3.63, 3.8) is 0 Å². The number of carbonyl (C=O) groups excluding carboxylic acids is 1. The standard InChI is InChI=1S/C19H20Cl2N2O3S/c1-13-8-10-23(11-9-13)27(25,26)16-5-2-14(3-6-16)19(24)22-18-12-15(20)4-7-17(18)21/h2-7,12-13H,8-11H2,1H3,(H,22,24). The maximum atomic E-state index is 12.7. The molecule has 1 N–H and O–H groups in total. The monoisotopic (exact) mass is 426 g/mol. The average Bonchev–Trinajstić information content (AvgIpc) is 2.65. The number of rotatable bonds is 4. The minimum atomic E-state index is -3.54. The Hall–Kier alpha value is -1.60. The number of benzene rings is 2. The van der Waals surface area contributed by atoms with E-state index in [0.29, 0.717) is 40.3 Å². The van der Waals surface area contributed by atoms with Gasteiger partial charge in [-0.3, -0.25) is 4.79 Å². The number of piperidine rings is 1. The predicted molar refractivity (Wildman–Crippen MR) is 108 cm³/mol. The molecule has 27 heavy (non-hydrogen) atoms. The van der Waals surface area contributed by atoms with E-state index in [9.17, 15) is 13.2 Å². The number of halogens is 2. The van der Waals surface area contributed by atoms with Crippen LogP contribution >= 0.6 is 23.2 Å². The maximum absolute atomic E-state index is 12.7. The molecule has 0 atom stereocenters. The normalized spacial score (nSPS) is 16.3. The van der Waals surface area contributed by atoms with Gasteiger partial charge in [-0.2, -0.15) is 4.31 Å². The Balaban J connectivity index is 1.74. The molecule has 1 saturated heterocycles. The second-order valence-corrected chi connectivity index (χ2v) is 9.47. The number of carbonyl (C=O) groups is 1. The van der Waals surface area contributed by atoms with Crippen molar-refractivity contribution >= 4 is 44.8 Å². The number of anilines is 1. The predicted octanol–water partition coefficient (Wildman–Crippen LogP) is 4.67. The Morgan fingerprint density at radius 1 is 1.07 bits per heavy atom. The smallest absolute Gasteiger partial charge is 0.255 e. The van der Waals surface area contributed by atoms with Gasteiger partial charge in [0.1, 0.15) is 0 Å². The van der Waals surface area contributed by atoms with Crippen LogP contribution < -0.4 is 5.32 Å². The Morgan fingerprint density at radius 2 is 1.70 bits per heavy atom. The first-order valence-electron chi connectivity index (χ1n) is 8.64. The molecular formula is C19H20Cl2N2O3S. The van der Waals surface area contributed by atoms with E-state index in [0.717, 1.165) is 12.8 Å². The van der Waals surface area contributed by atoms with Gasteiger partial charge in [0.25, 0.3) is 5.91 Å². The van der Waals surface area contributed by atoms with E-state index >= 15 is 0 Å². The van der Waals surface area contributed by atoms with Crippen molar-refractivity contribution in [2.24, 2.45) is 5.92 Å². The lowest BCUT2D eigenvalue weighted by Gasteiger charge is -2.29. The summed E-state index contributed by atoms with van der Waals surface area (Å²) in [6.45, 7) is 3.18. The molecule has 0 saturated carbocycles. The molecule has 1 heterocycles. The van der Waals surface area contributed by atoms with E-state index in [2.05, 4.69) is 12.2 Å². The lowest BCUT2D eigenvalue weighted by molar-refractivity contribution is 0.102. The van der Waals surface area contributed by atoms with Crippen LogP contribution in [0.3, 0.4) is 0 Å². The van der Waals surface area contributed by atoms with Gasteiger partial charge in [-0.1, -0.05) is 30.1 Å². The largest absolute Gasteiger partial charge is 0.321 e. The zero-order valence-electron chi connectivity index (χ0n) is 14.8. The highest BCUT2D eigenvalue weighted by Crippen LogP contribution is 2.27. The third-order valence-corrected chi connectivity index (χ3v) is 7.15. The minimum Gasteiger partial charge on any atom is -0.321 e. The molecule has 3 rings (SSSR count). The topological polar surface area (TPSA) is 66.5 Å². The van der Waals surface area contributed by atoms with E-state index in [1.807, 2.05) is 0 Å². The Labute approximate surface area is 169 Å². The van der Waals surface area contributed by atoms with E-state index in [1.54, 1.807) is 18.2 Å². The number of hydrogen-bond donors (Lipinski definition) is 1. The van der Waals surface area contributed by atoms with Gasteiger partial charge < -0.3 is 5.32 Å². The van der Waals surface area contributed by atoms with Gasteiger partial charge in [-0.25, -0.2) is 8.42 Å². The van der Waals surface area contributed by atoms with E-state index in [4.69, 9.17) is 23.2 Å². The van der Waals surface area contributed by atoms with Crippen molar-refractivity contribution < 1.29 is 13.2 Å². The molecule has 1 fully saturated rings. The van der Waals surface area contributed by atoms with Gasteiger partial charge in [0.15, 0.2) is 0 Å². The molecule has 5 nitrogen and oxygen atoms in total. The summed E-state index contributed by atoms with van der Waals surface area (Å²) in [6, 6.07) is 10.7. The molecule has 144 valence electrons. The van der Waals surface area contributed by atoms with Crippen LogP contribution in [-0.2, 0) is 10.0 Å². The van der Waals surface area contributed by atoms with Crippen LogP contribution in [0.15, 0.2) is 47.4 Å². The molecule has 8 heteroatoms. The highest BCUT2D eigenvalue weighted by Gasteiger charge is 2.28. The first kappa shape index (κ1) is 20.1. The highest BCUT2D eigenvalue weighted by atomic mass is 35.5. The number of nitrogens with zero attached hydrogens (tertiary/aromatic N) is 1. The van der Waals surface area contributed by atoms with E-state index < -0.39 is 15.9 Å². The van der Waals surface area contributed by atoms with Gasteiger partial charge >= 0.3 is 0 Å². The van der Waals surface area contributed by atoms with Crippen LogP contribution in [0, 0.1) is 5.92 Å². The molecule has 2 aromatic carbocycles. The number of hydrogen-bond acceptors (Lipinski definition) is 3. The van der Waals surface area contributed by atoms with Crippen molar-refractivity contribution in [2.45, 2.75) is 24.7 Å². The molecule has 0 aliphatic carbocycles. The van der Waals surface area contributed by atoms with Crippen LogP contribution in [0.4, 0.5) is 5.69 Å². The summed E-state index contributed by atoms with van der Waals surface area (Å²) in [5.41, 5.74) is 0.727. The van der Waals surface area contributed by atoms with Crippen LogP contribution in [0.2, 0.25) is 10.0 Å². The third-order valence-electron chi connectivity index (χ3n) is 4.67. The molecule has 1 aliphatic rings. The molecule has 0 spiro atoms. The summed E-state index contributed by atoms with van der Waals surface area (Å²) in [5.74, 6) is 0.149. The lowest BCUT2D eigenvalue weighted by atomic mass is 10.0. The fourth-order valence-corrected chi connectivity index (χ4v) is 4.75. The highest BCUT2D eigenvalue weighted by molar-refractivity contribution is 7.89. The molecule has 0 aromatic heterocycles. The molecular weight excluding hydrogens is 407 g/mol. The first-order chi connectivity index (χ1) is 12.8. The molecule has 0 unspecified atom stereocenters. The lowest BCUT2D eigenvalue weighted by Crippen LogP contribution is -2.37. The number of nitrogens with one attached hydrogen (secondary N) is 1. The fraction of sp³-hybridized carbons (Fsp3) is 0.316. The second-order valence-electron chi connectivity index (χ2n) is 6.69. The van der Waals surface area contributed by atoms with E-state index in [1.165, 1.54) is 28.6 Å². The van der Waals surface area contributed by atoms with Crippen LogP contribution in [-0.4, -0.2) is 31.7 Å². The van der Waals surface area contributed by atoms with Crippen molar-refractivity contribution in [2.75, 3.05) is 18.4 Å². The Morgan fingerprint density at radius 3 is 2.33 bits per heavy atom. The van der Waals surface area contributed by atoms with Gasteiger partial charge in [-0.05, 0) is 61.2 Å². The zero-order chi connectivity index (χ0) is 19.6. The molecule has 2 aromatic rings. The van der Waals surface area contributed by atoms with Gasteiger partial charge in [0, 0.05) is 23.7 Å². The fourth-order valence-electron chi connectivity index (χ4n) is 2.94. The van der Waals surface area contributed by atoms with Crippen molar-refractivity contribution in [3.8, 4) is 0 Å². The zero-order valence-corrected chi connectivity index (χ0v) is 17.1. The summed E-state index contributed by atoms with van der Waals surface area (Å²) in [5, 5.41) is 3.50. The minimum absolute atomic E-state index is 0.189. The van der Waals surface area contributed by atoms with Gasteiger partial charge in [0.2, 0.25) is 10.0 Å². The molecule has 0 bridgehead atoms. The van der Waals surface area contributed by atoms with Crippen LogP contribution in [0.5, 0.6) is 0 Å². The Kier molecular flexibility index (Phi) is 6.11. The molecule has 1 amide bonds. The summed E-state index contributed by atoms with van der Waals surface area (Å²) < 4.78 is 27.0. The first-order valence-corrected chi connectivity index (χ1v) is 10.8. The second kappa shape index (κ2) is 8.19. The summed E-state index contributed by atoms with van der Waals surface area (Å²) in [7, 11) is -3.54. The Bertz CT molecular complexity index is 938. The number of amides is 1. The SMILES string of the molecule is CC1CCN(S(=O)(=O)c2ccc(C(=O)Nc3cc(Cl)ccc3Cl)cc2)CC1. The molecule has 0 radical (unpaired) electrons. The average molecular weight is 427 g/mol. The number of sulfonamides is 1. The third kappa shape index (κ3) is 4.63. The van der Waals surface area contributed by atoms with Crippen molar-refractivity contribution in [1.82, 2.24) is 4.31 Å². The summed E-state index contributed by atoms with van der Waals surface area (Å²) in [4.78, 5) is 12.6. The van der Waals surface area contributed by atoms with E-state index in [-0.39, 0.29) is 4.90 Å². The maximum Gasteiger partial charge on any atom is 0.255 e. The molecule has 1 aliphatic heterocycles. The van der Waals surface area contributed by atoms with Crippen molar-refractivity contribution in [3.05, 3.63) is 58.1 Å². The van der Waals surface area contributed by atoms with Crippen molar-refractivity contribution in [1.29, 1.82) is 0 Å². The summed E-state index contributed by atoms with van der Waals surface area (Å²) >= 11 is 12.0. The van der Waals surface area contributed by atoms with Crippen LogP contribution in [0.1, 0.15) is 30.1 Å². The van der Waals surface area contributed by atoms with Gasteiger partial charge in [-0.15, -0.1) is 0 Å². The van der Waals surface area contributed by atoms with Crippen LogP contribution in [0.25, 0.3) is 0 Å².